The molecule has 1 rings (SSSR count). The maximum Gasteiger partial charge on any atom is 0.238 e. The molecule has 9 heteroatoms. The van der Waals surface area contributed by atoms with Crippen LogP contribution in [-0.4, -0.2) is 36.3 Å². The van der Waals surface area contributed by atoms with Gasteiger partial charge in [-0.05, 0) is 31.0 Å². The summed E-state index contributed by atoms with van der Waals surface area (Å²) < 4.78 is 53.3. The minimum absolute atomic E-state index is 0.111. The predicted octanol–water partition coefficient (Wildman–Crippen LogP) is 0.421. The lowest BCUT2D eigenvalue weighted by atomic mass is 10.2. The Morgan fingerprint density at radius 3 is 2.45 bits per heavy atom. The summed E-state index contributed by atoms with van der Waals surface area (Å²) in [5.41, 5.74) is 0.807. The first-order chi connectivity index (χ1) is 9.15. The Morgan fingerprint density at radius 2 is 1.90 bits per heavy atom. The fourth-order valence-electron chi connectivity index (χ4n) is 1.50. The summed E-state index contributed by atoms with van der Waals surface area (Å²) in [6, 6.07) is 4.03. The lowest BCUT2D eigenvalue weighted by molar-refractivity contribution is 0.199. The second-order valence-electron chi connectivity index (χ2n) is 4.29. The highest BCUT2D eigenvalue weighted by molar-refractivity contribution is 7.92. The average Bonchev–Trinajstić information content (AvgIpc) is 2.30. The molecule has 0 fully saturated rings. The van der Waals surface area contributed by atoms with Crippen LogP contribution in [0.5, 0.6) is 0 Å². The molecule has 20 heavy (non-hydrogen) atoms. The highest BCUT2D eigenvalue weighted by Crippen LogP contribution is 2.20. The maximum atomic E-state index is 11.8. The molecule has 0 radical (unpaired) electrons. The minimum Gasteiger partial charge on any atom is -0.385 e. The number of benzene rings is 1. The van der Waals surface area contributed by atoms with Crippen LogP contribution in [0.25, 0.3) is 0 Å². The molecule has 1 aromatic carbocycles. The van der Waals surface area contributed by atoms with Gasteiger partial charge in [0.15, 0.2) is 0 Å². The second kappa shape index (κ2) is 6.53. The first-order valence-electron chi connectivity index (χ1n) is 5.78. The van der Waals surface area contributed by atoms with Crippen molar-refractivity contribution in [1.82, 2.24) is 0 Å². The summed E-state index contributed by atoms with van der Waals surface area (Å²) in [6.07, 6.45) is 0.347. The SMILES string of the molecule is COCCCS(=O)(=O)Nc1cc(S(N)(=O)=O)ccc1C. The van der Waals surface area contributed by atoms with Gasteiger partial charge in [0.2, 0.25) is 20.0 Å². The van der Waals surface area contributed by atoms with Crippen LogP contribution in [0.4, 0.5) is 5.69 Å². The van der Waals surface area contributed by atoms with Crippen LogP contribution < -0.4 is 9.86 Å². The topological polar surface area (TPSA) is 116 Å². The molecule has 3 N–H and O–H groups in total. The van der Waals surface area contributed by atoms with Gasteiger partial charge in [-0.15, -0.1) is 0 Å². The number of ether oxygens (including phenoxy) is 1. The van der Waals surface area contributed by atoms with E-state index in [1.807, 2.05) is 0 Å². The van der Waals surface area contributed by atoms with Crippen molar-refractivity contribution in [2.45, 2.75) is 18.2 Å². The van der Waals surface area contributed by atoms with Crippen LogP contribution in [0.15, 0.2) is 23.1 Å². The van der Waals surface area contributed by atoms with Crippen molar-refractivity contribution in [1.29, 1.82) is 0 Å². The number of nitrogens with one attached hydrogen (secondary N) is 1. The molecule has 0 bridgehead atoms. The molecule has 0 spiro atoms. The van der Waals surface area contributed by atoms with Crippen LogP contribution in [0.2, 0.25) is 0 Å². The fraction of sp³-hybridized carbons (Fsp3) is 0.455. The Kier molecular flexibility index (Phi) is 5.51. The highest BCUT2D eigenvalue weighted by Gasteiger charge is 2.15. The molecule has 7 nitrogen and oxygen atoms in total. The van der Waals surface area contributed by atoms with Crippen molar-refractivity contribution in [3.8, 4) is 0 Å². The van der Waals surface area contributed by atoms with Gasteiger partial charge in [0.25, 0.3) is 0 Å². The van der Waals surface area contributed by atoms with Gasteiger partial charge in [-0.25, -0.2) is 22.0 Å². The largest absolute Gasteiger partial charge is 0.385 e. The average molecular weight is 322 g/mol. The zero-order valence-electron chi connectivity index (χ0n) is 11.3. The van der Waals surface area contributed by atoms with Crippen molar-refractivity contribution in [3.63, 3.8) is 0 Å². The van der Waals surface area contributed by atoms with Crippen LogP contribution in [0.1, 0.15) is 12.0 Å². The molecule has 0 atom stereocenters. The van der Waals surface area contributed by atoms with Crippen LogP contribution in [0, 0.1) is 6.92 Å². The molecule has 0 saturated carbocycles. The summed E-state index contributed by atoms with van der Waals surface area (Å²) in [7, 11) is -5.94. The monoisotopic (exact) mass is 322 g/mol. The van der Waals surface area contributed by atoms with Crippen molar-refractivity contribution in [3.05, 3.63) is 23.8 Å². The van der Waals surface area contributed by atoms with E-state index in [2.05, 4.69) is 4.72 Å². The molecule has 0 saturated heterocycles. The van der Waals surface area contributed by atoms with Crippen molar-refractivity contribution < 1.29 is 21.6 Å². The van der Waals surface area contributed by atoms with Gasteiger partial charge in [-0.2, -0.15) is 0 Å². The third kappa shape index (κ3) is 5.08. The minimum atomic E-state index is -3.87. The number of nitrogens with two attached hydrogens (primary N) is 1. The standard InChI is InChI=1S/C11H18N2O5S2/c1-9-4-5-10(20(12,16)17)8-11(9)13-19(14,15)7-3-6-18-2/h4-5,8,13H,3,6-7H2,1-2H3,(H2,12,16,17). The van der Waals surface area contributed by atoms with Gasteiger partial charge in [0.1, 0.15) is 0 Å². The number of methoxy groups -OCH3 is 1. The van der Waals surface area contributed by atoms with Crippen molar-refractivity contribution in [2.75, 3.05) is 24.2 Å². The number of sulfonamides is 2. The van der Waals surface area contributed by atoms with Crippen molar-refractivity contribution >= 4 is 25.7 Å². The number of anilines is 1. The Balaban J connectivity index is 2.97. The van der Waals surface area contributed by atoms with E-state index in [1.54, 1.807) is 6.92 Å². The molecule has 0 aliphatic carbocycles. The van der Waals surface area contributed by atoms with E-state index in [9.17, 15) is 16.8 Å². The Hall–Kier alpha value is -1.16. The summed E-state index contributed by atoms with van der Waals surface area (Å²) >= 11 is 0. The Bertz CT molecular complexity index is 668. The summed E-state index contributed by atoms with van der Waals surface area (Å²) in [5, 5.41) is 5.02. The zero-order chi connectivity index (χ0) is 15.4. The number of primary sulfonamides is 1. The first-order valence-corrected chi connectivity index (χ1v) is 8.98. The third-order valence-corrected chi connectivity index (χ3v) is 4.83. The number of hydrogen-bond donors (Lipinski definition) is 2. The molecule has 0 aliphatic heterocycles. The number of aryl methyl sites for hydroxylation is 1. The van der Waals surface area contributed by atoms with E-state index in [4.69, 9.17) is 9.88 Å². The van der Waals surface area contributed by atoms with Gasteiger partial charge < -0.3 is 4.74 Å². The molecule has 1 aromatic rings. The predicted molar refractivity (Wildman–Crippen MR) is 76.5 cm³/mol. The van der Waals surface area contributed by atoms with Crippen LogP contribution in [0.3, 0.4) is 0 Å². The lowest BCUT2D eigenvalue weighted by Crippen LogP contribution is -2.19. The van der Waals surface area contributed by atoms with E-state index in [-0.39, 0.29) is 16.3 Å². The Labute approximate surface area is 119 Å². The smallest absolute Gasteiger partial charge is 0.238 e. The molecule has 0 aromatic heterocycles. The van der Waals surface area contributed by atoms with E-state index in [0.717, 1.165) is 0 Å². The van der Waals surface area contributed by atoms with Gasteiger partial charge in [-0.1, -0.05) is 6.07 Å². The van der Waals surface area contributed by atoms with Gasteiger partial charge >= 0.3 is 0 Å². The van der Waals surface area contributed by atoms with E-state index >= 15 is 0 Å². The molecule has 0 aliphatic rings. The van der Waals surface area contributed by atoms with Gasteiger partial charge in [0.05, 0.1) is 16.3 Å². The van der Waals surface area contributed by atoms with Crippen LogP contribution >= 0.6 is 0 Å². The first kappa shape index (κ1) is 16.9. The fourth-order valence-corrected chi connectivity index (χ4v) is 3.19. The highest BCUT2D eigenvalue weighted by atomic mass is 32.2. The van der Waals surface area contributed by atoms with E-state index in [0.29, 0.717) is 18.6 Å². The normalized spacial score (nSPS) is 12.3. The Morgan fingerprint density at radius 1 is 1.25 bits per heavy atom. The number of hydrogen-bond acceptors (Lipinski definition) is 5. The quantitative estimate of drug-likeness (QED) is 0.706. The molecule has 0 amide bonds. The van der Waals surface area contributed by atoms with Crippen molar-refractivity contribution in [2.24, 2.45) is 5.14 Å². The molecular weight excluding hydrogens is 304 g/mol. The van der Waals surface area contributed by atoms with Gasteiger partial charge in [0, 0.05) is 13.7 Å². The molecular formula is C11H18N2O5S2. The van der Waals surface area contributed by atoms with Gasteiger partial charge in [-0.3, -0.25) is 4.72 Å². The van der Waals surface area contributed by atoms with Crippen LogP contribution in [-0.2, 0) is 24.8 Å². The maximum absolute atomic E-state index is 11.8. The van der Waals surface area contributed by atoms with E-state index in [1.165, 1.54) is 25.3 Å². The second-order valence-corrected chi connectivity index (χ2v) is 7.69. The molecule has 0 heterocycles. The third-order valence-electron chi connectivity index (χ3n) is 2.56. The summed E-state index contributed by atoms with van der Waals surface area (Å²) in [5.74, 6) is -0.111. The summed E-state index contributed by atoms with van der Waals surface area (Å²) in [4.78, 5) is -0.141. The molecule has 0 unspecified atom stereocenters. The van der Waals surface area contributed by atoms with E-state index < -0.39 is 20.0 Å². The summed E-state index contributed by atoms with van der Waals surface area (Å²) in [6.45, 7) is 2.00. The zero-order valence-corrected chi connectivity index (χ0v) is 12.9. The lowest BCUT2D eigenvalue weighted by Gasteiger charge is -2.11. The molecule has 114 valence electrons. The number of rotatable bonds is 7.